The quantitative estimate of drug-likeness (QED) is 0.344. The first-order valence-electron chi connectivity index (χ1n) is 6.90. The summed E-state index contributed by atoms with van der Waals surface area (Å²) in [6, 6.07) is 10.1. The summed E-state index contributed by atoms with van der Waals surface area (Å²) >= 11 is 0. The second kappa shape index (κ2) is 9.83. The van der Waals surface area contributed by atoms with Crippen LogP contribution in [0.25, 0.3) is 0 Å². The van der Waals surface area contributed by atoms with Gasteiger partial charge in [-0.05, 0) is 18.9 Å². The van der Waals surface area contributed by atoms with E-state index in [1.165, 1.54) is 5.56 Å². The van der Waals surface area contributed by atoms with Crippen LogP contribution in [0, 0.1) is 0 Å². The Hall–Kier alpha value is -2.04. The van der Waals surface area contributed by atoms with Gasteiger partial charge in [0.2, 0.25) is 0 Å². The van der Waals surface area contributed by atoms with Gasteiger partial charge in [-0.15, -0.1) is 0 Å². The number of ether oxygens (including phenoxy) is 1. The standard InChI is InChI=1S/C15H23N3O2/c1-3-20-14(19)10-7-11-17-15(16-2)18-12-13-8-5-4-6-9-13/h4-6,8-9H,3,7,10-12H2,1-2H3,(H2,16,17,18). The number of rotatable bonds is 7. The summed E-state index contributed by atoms with van der Waals surface area (Å²) in [5.41, 5.74) is 1.20. The van der Waals surface area contributed by atoms with Gasteiger partial charge in [0, 0.05) is 26.6 Å². The van der Waals surface area contributed by atoms with Crippen LogP contribution in [0.1, 0.15) is 25.3 Å². The van der Waals surface area contributed by atoms with Crippen LogP contribution in [0.5, 0.6) is 0 Å². The molecular formula is C15H23N3O2. The minimum atomic E-state index is -0.151. The maximum absolute atomic E-state index is 11.2. The van der Waals surface area contributed by atoms with Gasteiger partial charge in [-0.2, -0.15) is 0 Å². The van der Waals surface area contributed by atoms with E-state index in [2.05, 4.69) is 27.8 Å². The van der Waals surface area contributed by atoms with Gasteiger partial charge in [0.15, 0.2) is 5.96 Å². The summed E-state index contributed by atoms with van der Waals surface area (Å²) in [6.45, 7) is 3.66. The van der Waals surface area contributed by atoms with Crippen molar-refractivity contribution < 1.29 is 9.53 Å². The predicted molar refractivity (Wildman–Crippen MR) is 80.5 cm³/mol. The Morgan fingerprint density at radius 2 is 2.00 bits per heavy atom. The molecule has 0 bridgehead atoms. The second-order valence-electron chi connectivity index (χ2n) is 4.25. The van der Waals surface area contributed by atoms with Gasteiger partial charge in [-0.1, -0.05) is 30.3 Å². The molecule has 5 heteroatoms. The largest absolute Gasteiger partial charge is 0.466 e. The molecule has 1 aromatic carbocycles. The molecule has 0 amide bonds. The van der Waals surface area contributed by atoms with Gasteiger partial charge in [0.1, 0.15) is 0 Å². The molecule has 0 spiro atoms. The van der Waals surface area contributed by atoms with Crippen LogP contribution in [0.3, 0.4) is 0 Å². The van der Waals surface area contributed by atoms with Crippen molar-refractivity contribution in [2.24, 2.45) is 4.99 Å². The maximum Gasteiger partial charge on any atom is 0.305 e. The number of esters is 1. The molecule has 0 saturated carbocycles. The summed E-state index contributed by atoms with van der Waals surface area (Å²) in [4.78, 5) is 15.3. The van der Waals surface area contributed by atoms with Crippen molar-refractivity contribution in [2.45, 2.75) is 26.3 Å². The third-order valence-corrected chi connectivity index (χ3v) is 2.68. The summed E-state index contributed by atoms with van der Waals surface area (Å²) in [7, 11) is 1.73. The highest BCUT2D eigenvalue weighted by Crippen LogP contribution is 1.97. The minimum absolute atomic E-state index is 0.151. The summed E-state index contributed by atoms with van der Waals surface area (Å²) in [5.74, 6) is 0.583. The van der Waals surface area contributed by atoms with Crippen molar-refractivity contribution >= 4 is 11.9 Å². The van der Waals surface area contributed by atoms with E-state index >= 15 is 0 Å². The zero-order valence-corrected chi connectivity index (χ0v) is 12.2. The third-order valence-electron chi connectivity index (χ3n) is 2.68. The molecule has 1 aromatic rings. The molecule has 0 atom stereocenters. The van der Waals surface area contributed by atoms with Crippen molar-refractivity contribution in [2.75, 3.05) is 20.2 Å². The molecule has 0 saturated heterocycles. The maximum atomic E-state index is 11.2. The zero-order chi connectivity index (χ0) is 14.6. The molecule has 0 aliphatic heterocycles. The molecule has 0 unspecified atom stereocenters. The first-order valence-corrected chi connectivity index (χ1v) is 6.90. The van der Waals surface area contributed by atoms with Crippen molar-refractivity contribution in [1.29, 1.82) is 0 Å². The molecule has 1 rings (SSSR count). The molecule has 2 N–H and O–H groups in total. The highest BCUT2D eigenvalue weighted by atomic mass is 16.5. The molecule has 0 aromatic heterocycles. The average Bonchev–Trinajstić information content (AvgIpc) is 2.48. The van der Waals surface area contributed by atoms with Crippen LogP contribution in [-0.2, 0) is 16.1 Å². The fraction of sp³-hybridized carbons (Fsp3) is 0.467. The lowest BCUT2D eigenvalue weighted by Gasteiger charge is -2.11. The molecule has 0 heterocycles. The van der Waals surface area contributed by atoms with E-state index in [1.54, 1.807) is 7.05 Å². The van der Waals surface area contributed by atoms with Crippen LogP contribution in [0.4, 0.5) is 0 Å². The number of hydrogen-bond donors (Lipinski definition) is 2. The van der Waals surface area contributed by atoms with Crippen molar-refractivity contribution in [3.63, 3.8) is 0 Å². The van der Waals surface area contributed by atoms with Crippen molar-refractivity contribution in [3.8, 4) is 0 Å². The van der Waals surface area contributed by atoms with Gasteiger partial charge in [-0.25, -0.2) is 0 Å². The molecular weight excluding hydrogens is 254 g/mol. The Bertz CT molecular complexity index is 418. The van der Waals surface area contributed by atoms with E-state index in [0.717, 1.165) is 18.9 Å². The first kappa shape index (κ1) is 16.0. The number of nitrogens with zero attached hydrogens (tertiary/aromatic N) is 1. The summed E-state index contributed by atoms with van der Waals surface area (Å²) in [6.07, 6.45) is 1.15. The highest BCUT2D eigenvalue weighted by Gasteiger charge is 2.02. The molecule has 0 radical (unpaired) electrons. The van der Waals surface area contributed by atoms with Crippen molar-refractivity contribution in [1.82, 2.24) is 10.6 Å². The van der Waals surface area contributed by atoms with Crippen molar-refractivity contribution in [3.05, 3.63) is 35.9 Å². The molecule has 0 fully saturated rings. The lowest BCUT2D eigenvalue weighted by molar-refractivity contribution is -0.143. The van der Waals surface area contributed by atoms with E-state index in [9.17, 15) is 4.79 Å². The Morgan fingerprint density at radius 3 is 2.65 bits per heavy atom. The van der Waals surface area contributed by atoms with Gasteiger partial charge in [-0.3, -0.25) is 9.79 Å². The monoisotopic (exact) mass is 277 g/mol. The Balaban J connectivity index is 2.19. The SMILES string of the molecule is CCOC(=O)CCCNC(=NC)NCc1ccccc1. The van der Waals surface area contributed by atoms with E-state index in [1.807, 2.05) is 25.1 Å². The molecule has 110 valence electrons. The lowest BCUT2D eigenvalue weighted by atomic mass is 10.2. The van der Waals surface area contributed by atoms with Crippen LogP contribution in [-0.4, -0.2) is 32.1 Å². The summed E-state index contributed by atoms with van der Waals surface area (Å²) < 4.78 is 4.87. The average molecular weight is 277 g/mol. The van der Waals surface area contributed by atoms with Crippen LogP contribution in [0.2, 0.25) is 0 Å². The fourth-order valence-corrected chi connectivity index (χ4v) is 1.67. The van der Waals surface area contributed by atoms with E-state index in [0.29, 0.717) is 19.6 Å². The zero-order valence-electron chi connectivity index (χ0n) is 12.2. The lowest BCUT2D eigenvalue weighted by Crippen LogP contribution is -2.37. The van der Waals surface area contributed by atoms with Crippen LogP contribution >= 0.6 is 0 Å². The number of carbonyl (C=O) groups is 1. The number of benzene rings is 1. The Labute approximate surface area is 120 Å². The molecule has 0 aliphatic carbocycles. The van der Waals surface area contributed by atoms with Crippen LogP contribution < -0.4 is 10.6 Å². The number of aliphatic imine (C=N–C) groups is 1. The number of guanidine groups is 1. The van der Waals surface area contributed by atoms with Gasteiger partial charge in [0.25, 0.3) is 0 Å². The molecule has 0 aliphatic rings. The summed E-state index contributed by atoms with van der Waals surface area (Å²) in [5, 5.41) is 6.39. The minimum Gasteiger partial charge on any atom is -0.466 e. The molecule has 20 heavy (non-hydrogen) atoms. The van der Waals surface area contributed by atoms with Crippen LogP contribution in [0.15, 0.2) is 35.3 Å². The smallest absolute Gasteiger partial charge is 0.305 e. The first-order chi connectivity index (χ1) is 9.76. The second-order valence-corrected chi connectivity index (χ2v) is 4.25. The Kier molecular flexibility index (Phi) is 7.87. The van der Waals surface area contributed by atoms with E-state index in [4.69, 9.17) is 4.74 Å². The normalized spacial score (nSPS) is 11.0. The topological polar surface area (TPSA) is 62.7 Å². The van der Waals surface area contributed by atoms with Gasteiger partial charge >= 0.3 is 5.97 Å². The van der Waals surface area contributed by atoms with E-state index < -0.39 is 0 Å². The van der Waals surface area contributed by atoms with E-state index in [-0.39, 0.29) is 5.97 Å². The fourth-order valence-electron chi connectivity index (χ4n) is 1.67. The molecule has 5 nitrogen and oxygen atoms in total. The van der Waals surface area contributed by atoms with Gasteiger partial charge in [0.05, 0.1) is 6.61 Å². The highest BCUT2D eigenvalue weighted by molar-refractivity contribution is 5.79. The number of nitrogens with one attached hydrogen (secondary N) is 2. The Morgan fingerprint density at radius 1 is 1.25 bits per heavy atom. The number of hydrogen-bond acceptors (Lipinski definition) is 3. The third kappa shape index (κ3) is 6.78. The predicted octanol–water partition coefficient (Wildman–Crippen LogP) is 1.69. The van der Waals surface area contributed by atoms with Gasteiger partial charge < -0.3 is 15.4 Å². The number of carbonyl (C=O) groups excluding carboxylic acids is 1.